The number of hydrogen-bond donors (Lipinski definition) is 3. The number of likely N-dealkylation sites (tertiary alicyclic amines) is 1. The summed E-state index contributed by atoms with van der Waals surface area (Å²) in [6.45, 7) is 2.44. The van der Waals surface area contributed by atoms with Crippen molar-refractivity contribution in [3.05, 3.63) is 48.2 Å². The van der Waals surface area contributed by atoms with Crippen LogP contribution in [0.1, 0.15) is 50.6 Å². The van der Waals surface area contributed by atoms with E-state index in [9.17, 15) is 17.4 Å². The van der Waals surface area contributed by atoms with Crippen LogP contribution >= 0.6 is 0 Å². The van der Waals surface area contributed by atoms with E-state index in [0.717, 1.165) is 69.1 Å². The smallest absolute Gasteiger partial charge is 0.406 e. The molecule has 0 amide bonds. The topological polar surface area (TPSA) is 87.8 Å². The summed E-state index contributed by atoms with van der Waals surface area (Å²) in [6.07, 6.45) is 2.86. The van der Waals surface area contributed by atoms with E-state index in [-0.39, 0.29) is 12.6 Å². The number of aromatic nitrogens is 1. The van der Waals surface area contributed by atoms with E-state index in [1.54, 1.807) is 36.4 Å². The molecule has 46 heavy (non-hydrogen) atoms. The Bertz CT molecular complexity index is 1510. The van der Waals surface area contributed by atoms with Gasteiger partial charge in [-0.2, -0.15) is 13.2 Å². The van der Waals surface area contributed by atoms with Crippen LogP contribution in [0.3, 0.4) is 0 Å². The Morgan fingerprint density at radius 3 is 2.52 bits per heavy atom. The van der Waals surface area contributed by atoms with Crippen molar-refractivity contribution in [3.8, 4) is 17.6 Å². The average molecular weight is 661 g/mol. The monoisotopic (exact) mass is 660 g/mol. The van der Waals surface area contributed by atoms with Crippen LogP contribution in [-0.4, -0.2) is 84.1 Å². The normalized spacial score (nSPS) is 15.1. The molecule has 1 saturated heterocycles. The second kappa shape index (κ2) is 17.1. The van der Waals surface area contributed by atoms with Crippen molar-refractivity contribution < 1.29 is 22.1 Å². The van der Waals surface area contributed by atoms with Gasteiger partial charge in [0, 0.05) is 30.7 Å². The summed E-state index contributed by atoms with van der Waals surface area (Å²) in [7, 11) is 4.14. The summed E-state index contributed by atoms with van der Waals surface area (Å²) in [6, 6.07) is 12.7. The van der Waals surface area contributed by atoms with E-state index in [1.165, 1.54) is 11.7 Å². The number of ether oxygens (including phenoxy) is 1. The average Bonchev–Trinajstić information content (AvgIpc) is 3.38. The first-order valence-corrected chi connectivity index (χ1v) is 17.1. The third-order valence-corrected chi connectivity index (χ3v) is 9.69. The Hall–Kier alpha value is -3.24. The quantitative estimate of drug-likeness (QED) is 0.136. The minimum absolute atomic E-state index is 0.178. The molecule has 3 aromatic rings. The molecule has 1 aliphatic heterocycles. The number of methoxy groups -OCH3 is 1. The van der Waals surface area contributed by atoms with Gasteiger partial charge in [0.2, 0.25) is 0 Å². The maximum Gasteiger partial charge on any atom is 0.406 e. The second-order valence-corrected chi connectivity index (χ2v) is 13.5. The zero-order chi connectivity index (χ0) is 33.1. The van der Waals surface area contributed by atoms with Crippen LogP contribution in [0.25, 0.3) is 10.9 Å². The molecule has 2 aromatic carbocycles. The molecule has 4 rings (SSSR count). The van der Waals surface area contributed by atoms with Gasteiger partial charge in [-0.15, -0.1) is 0 Å². The number of nitrogens with zero attached hydrogens (tertiary/aromatic N) is 3. The lowest BCUT2D eigenvalue weighted by molar-refractivity contribution is -0.140. The van der Waals surface area contributed by atoms with E-state index in [4.69, 9.17) is 10.5 Å². The molecule has 1 fully saturated rings. The summed E-state index contributed by atoms with van der Waals surface area (Å²) in [4.78, 5) is 2.90. The highest BCUT2D eigenvalue weighted by atomic mass is 32.2. The molecule has 12 heteroatoms. The van der Waals surface area contributed by atoms with Gasteiger partial charge < -0.3 is 30.6 Å². The van der Waals surface area contributed by atoms with Gasteiger partial charge in [0.25, 0.3) is 0 Å². The standard InChI is InChI=1S/C34H47F3N6O2S/c1-41-21-16-26(17-22-41)40-30-12-9-13-32-29(30)23-27(43(32)25-34(35,36)37)11-10-19-39-31-15-14-28(24-33(31)45-3)46(44)42(2)20-8-6-4-5-7-18-38/h9,12-15,23-24,26,39-40H,4-8,16-22,25,38H2,1-3H3. The molecule has 0 radical (unpaired) electrons. The van der Waals surface area contributed by atoms with Gasteiger partial charge in [-0.1, -0.05) is 31.2 Å². The predicted molar refractivity (Wildman–Crippen MR) is 182 cm³/mol. The number of rotatable bonds is 15. The zero-order valence-corrected chi connectivity index (χ0v) is 27.9. The van der Waals surface area contributed by atoms with Crippen LogP contribution in [0, 0.1) is 11.8 Å². The predicted octanol–water partition coefficient (Wildman–Crippen LogP) is 6.05. The Kier molecular flexibility index (Phi) is 13.2. The molecular weight excluding hydrogens is 613 g/mol. The van der Waals surface area contributed by atoms with Crippen molar-refractivity contribution >= 4 is 33.3 Å². The number of nitrogens with one attached hydrogen (secondary N) is 2. The van der Waals surface area contributed by atoms with Gasteiger partial charge in [-0.3, -0.25) is 0 Å². The lowest BCUT2D eigenvalue weighted by atomic mass is 10.0. The lowest BCUT2D eigenvalue weighted by Crippen LogP contribution is -2.36. The first-order valence-electron chi connectivity index (χ1n) is 16.0. The maximum atomic E-state index is 13.6. The molecule has 0 aliphatic carbocycles. The number of fused-ring (bicyclic) bond motifs is 1. The van der Waals surface area contributed by atoms with Crippen LogP contribution in [0.4, 0.5) is 24.5 Å². The first-order chi connectivity index (χ1) is 22.1. The lowest BCUT2D eigenvalue weighted by Gasteiger charge is -2.30. The molecule has 2 heterocycles. The SMILES string of the molecule is COc1cc(S(=O)N(C)CCCCCCCN)ccc1NCC#Cc1cc2c(NC3CCN(C)CC3)cccc2n1CC(F)(F)F. The Labute approximate surface area is 273 Å². The van der Waals surface area contributed by atoms with Crippen LogP contribution in [0.2, 0.25) is 0 Å². The maximum absolute atomic E-state index is 13.6. The third kappa shape index (κ3) is 10.1. The molecule has 1 atom stereocenters. The van der Waals surface area contributed by atoms with E-state index in [1.807, 2.05) is 17.4 Å². The minimum Gasteiger partial charge on any atom is -0.495 e. The first kappa shape index (κ1) is 35.6. The van der Waals surface area contributed by atoms with Gasteiger partial charge in [0.1, 0.15) is 23.3 Å². The van der Waals surface area contributed by atoms with Crippen molar-refractivity contribution in [2.45, 2.75) is 68.6 Å². The van der Waals surface area contributed by atoms with Gasteiger partial charge >= 0.3 is 6.18 Å². The van der Waals surface area contributed by atoms with E-state index >= 15 is 0 Å². The third-order valence-electron chi connectivity index (χ3n) is 8.28. The van der Waals surface area contributed by atoms with Crippen molar-refractivity contribution in [2.24, 2.45) is 5.73 Å². The molecule has 0 spiro atoms. The highest BCUT2D eigenvalue weighted by molar-refractivity contribution is 7.82. The van der Waals surface area contributed by atoms with E-state index in [0.29, 0.717) is 40.6 Å². The number of unbranched alkanes of at least 4 members (excludes halogenated alkanes) is 4. The molecule has 8 nitrogen and oxygen atoms in total. The summed E-state index contributed by atoms with van der Waals surface area (Å²) in [5.41, 5.74) is 7.82. The Balaban J connectivity index is 1.44. The molecule has 252 valence electrons. The molecule has 0 bridgehead atoms. The highest BCUT2D eigenvalue weighted by Gasteiger charge is 2.30. The van der Waals surface area contributed by atoms with Crippen LogP contribution in [0.5, 0.6) is 5.75 Å². The zero-order valence-electron chi connectivity index (χ0n) is 27.1. The number of nitrogens with two attached hydrogens (primary N) is 1. The molecule has 1 unspecified atom stereocenters. The van der Waals surface area contributed by atoms with Gasteiger partial charge in [0.05, 0.1) is 35.4 Å². The van der Waals surface area contributed by atoms with Gasteiger partial charge in [0.15, 0.2) is 0 Å². The van der Waals surface area contributed by atoms with Crippen LogP contribution in [-0.2, 0) is 17.5 Å². The molecular formula is C34H47F3N6O2S. The number of halogens is 3. The van der Waals surface area contributed by atoms with Gasteiger partial charge in [-0.25, -0.2) is 8.51 Å². The Morgan fingerprint density at radius 1 is 1.07 bits per heavy atom. The fourth-order valence-corrected chi connectivity index (χ4v) is 6.76. The van der Waals surface area contributed by atoms with Gasteiger partial charge in [-0.05, 0) is 94.7 Å². The fraction of sp³-hybridized carbons (Fsp3) is 0.529. The van der Waals surface area contributed by atoms with E-state index in [2.05, 4.69) is 34.4 Å². The number of anilines is 2. The summed E-state index contributed by atoms with van der Waals surface area (Å²) in [5.74, 6) is 6.46. The summed E-state index contributed by atoms with van der Waals surface area (Å²) >= 11 is 0. The van der Waals surface area contributed by atoms with Crippen molar-refractivity contribution in [3.63, 3.8) is 0 Å². The van der Waals surface area contributed by atoms with Crippen LogP contribution in [0.15, 0.2) is 47.4 Å². The van der Waals surface area contributed by atoms with Crippen molar-refractivity contribution in [1.29, 1.82) is 0 Å². The van der Waals surface area contributed by atoms with Crippen molar-refractivity contribution in [2.75, 3.05) is 64.6 Å². The molecule has 4 N–H and O–H groups in total. The largest absolute Gasteiger partial charge is 0.495 e. The molecule has 0 saturated carbocycles. The summed E-state index contributed by atoms with van der Waals surface area (Å²) in [5, 5.41) is 7.48. The number of alkyl halides is 3. The number of benzene rings is 2. The van der Waals surface area contributed by atoms with E-state index < -0.39 is 23.7 Å². The minimum atomic E-state index is -4.40. The molecule has 1 aliphatic rings. The highest BCUT2D eigenvalue weighted by Crippen LogP contribution is 2.32. The number of piperidine rings is 1. The Morgan fingerprint density at radius 2 is 1.80 bits per heavy atom. The molecule has 1 aromatic heterocycles. The summed E-state index contributed by atoms with van der Waals surface area (Å²) < 4.78 is 62.6. The number of hydrogen-bond acceptors (Lipinski definition) is 6. The second-order valence-electron chi connectivity index (χ2n) is 11.9. The van der Waals surface area contributed by atoms with Crippen LogP contribution < -0.4 is 21.1 Å². The van der Waals surface area contributed by atoms with Crippen molar-refractivity contribution in [1.82, 2.24) is 13.8 Å². The fourth-order valence-electron chi connectivity index (χ4n) is 5.71.